The third kappa shape index (κ3) is 3.49. The Hall–Kier alpha value is -1.70. The first-order chi connectivity index (χ1) is 11.9. The molecule has 3 N–H and O–H groups in total. The van der Waals surface area contributed by atoms with Gasteiger partial charge in [-0.05, 0) is 43.4 Å². The number of hydrogen-bond acceptors (Lipinski definition) is 5. The van der Waals surface area contributed by atoms with E-state index in [2.05, 4.69) is 30.9 Å². The highest BCUT2D eigenvalue weighted by Gasteiger charge is 2.17. The lowest BCUT2D eigenvalue weighted by Crippen LogP contribution is -2.06. The maximum absolute atomic E-state index is 9.14. The van der Waals surface area contributed by atoms with Crippen LogP contribution in [0.1, 0.15) is 28.8 Å². The second-order valence-electron chi connectivity index (χ2n) is 6.01. The van der Waals surface area contributed by atoms with Crippen molar-refractivity contribution in [2.24, 2.45) is 0 Å². The zero-order valence-corrected chi connectivity index (χ0v) is 16.4. The first-order valence-corrected chi connectivity index (χ1v) is 9.11. The van der Waals surface area contributed by atoms with Gasteiger partial charge in [-0.25, -0.2) is 4.98 Å². The molecule has 0 fully saturated rings. The number of nitrogens with zero attached hydrogens (tertiary/aromatic N) is 4. The highest BCUT2D eigenvalue weighted by Crippen LogP contribution is 2.29. The molecule has 0 radical (unpaired) electrons. The Morgan fingerprint density at radius 1 is 1.32 bits per heavy atom. The van der Waals surface area contributed by atoms with Gasteiger partial charge in [0.25, 0.3) is 0 Å². The molecule has 0 spiro atoms. The summed E-state index contributed by atoms with van der Waals surface area (Å²) in [6.07, 6.45) is 5.18. The number of rotatable bonds is 5. The van der Waals surface area contributed by atoms with E-state index in [-0.39, 0.29) is 12.6 Å². The zero-order valence-electron chi connectivity index (χ0n) is 14.1. The molecule has 6 nitrogen and oxygen atoms in total. The van der Waals surface area contributed by atoms with Crippen molar-refractivity contribution in [1.29, 1.82) is 0 Å². The lowest BCUT2D eigenvalue weighted by atomic mass is 10.1. The molecule has 0 saturated heterocycles. The van der Waals surface area contributed by atoms with E-state index in [9.17, 15) is 0 Å². The average molecular weight is 425 g/mol. The first-order valence-electron chi connectivity index (χ1n) is 7.94. The van der Waals surface area contributed by atoms with Crippen molar-refractivity contribution < 1.29 is 5.11 Å². The molecule has 0 amide bonds. The monoisotopic (exact) mass is 423 g/mol. The lowest BCUT2D eigenvalue weighted by Gasteiger charge is -2.10. The number of fused-ring (bicyclic) bond motifs is 1. The smallest absolute Gasteiger partial charge is 0.223 e. The maximum atomic E-state index is 9.14. The van der Waals surface area contributed by atoms with Gasteiger partial charge in [0.15, 0.2) is 0 Å². The van der Waals surface area contributed by atoms with E-state index >= 15 is 0 Å². The Morgan fingerprint density at radius 3 is 2.80 bits per heavy atom. The van der Waals surface area contributed by atoms with Crippen LogP contribution in [0.2, 0.25) is 5.15 Å². The molecular weight excluding hydrogens is 406 g/mol. The van der Waals surface area contributed by atoms with Gasteiger partial charge in [-0.1, -0.05) is 27.5 Å². The topological polar surface area (TPSA) is 89.8 Å². The van der Waals surface area contributed by atoms with E-state index in [0.717, 1.165) is 32.2 Å². The normalized spacial score (nSPS) is 11.4. The minimum absolute atomic E-state index is 0.117. The molecule has 132 valence electrons. The number of aryl methyl sites for hydroxylation is 2. The highest BCUT2D eigenvalue weighted by molar-refractivity contribution is 9.10. The summed E-state index contributed by atoms with van der Waals surface area (Å²) in [4.78, 5) is 13.0. The number of aliphatic hydroxyl groups is 1. The van der Waals surface area contributed by atoms with Crippen LogP contribution in [0.25, 0.3) is 11.0 Å². The van der Waals surface area contributed by atoms with Crippen molar-refractivity contribution in [2.75, 3.05) is 12.3 Å². The Morgan fingerprint density at radius 2 is 2.08 bits per heavy atom. The van der Waals surface area contributed by atoms with Crippen molar-refractivity contribution in [1.82, 2.24) is 19.5 Å². The predicted octanol–water partition coefficient (Wildman–Crippen LogP) is 3.41. The molecule has 0 aliphatic carbocycles. The Balaban J connectivity index is 2.11. The number of pyridine rings is 1. The molecule has 3 aromatic rings. The number of hydrogen-bond donors (Lipinski definition) is 2. The second-order valence-corrected chi connectivity index (χ2v) is 7.16. The molecule has 0 atom stereocenters. The van der Waals surface area contributed by atoms with E-state index in [1.807, 2.05) is 30.8 Å². The minimum atomic E-state index is 0.117. The van der Waals surface area contributed by atoms with Crippen LogP contribution in [0, 0.1) is 13.8 Å². The Kier molecular flexibility index (Phi) is 5.27. The van der Waals surface area contributed by atoms with Gasteiger partial charge in [-0.15, -0.1) is 0 Å². The Bertz CT molecular complexity index is 941. The van der Waals surface area contributed by atoms with Crippen LogP contribution in [-0.2, 0) is 13.0 Å². The van der Waals surface area contributed by atoms with Crippen molar-refractivity contribution in [3.63, 3.8) is 0 Å². The molecule has 8 heteroatoms. The average Bonchev–Trinajstić information content (AvgIpc) is 2.91. The molecule has 3 rings (SSSR count). The summed E-state index contributed by atoms with van der Waals surface area (Å²) in [5.74, 6) is 0.139. The number of halogens is 2. The van der Waals surface area contributed by atoms with Crippen molar-refractivity contribution in [2.45, 2.75) is 33.2 Å². The number of aromatic nitrogens is 4. The molecule has 0 saturated carbocycles. The third-order valence-corrected chi connectivity index (χ3v) is 5.71. The van der Waals surface area contributed by atoms with E-state index in [4.69, 9.17) is 22.4 Å². The number of nitrogen functional groups attached to an aromatic ring is 1. The van der Waals surface area contributed by atoms with E-state index in [0.29, 0.717) is 30.2 Å². The minimum Gasteiger partial charge on any atom is -0.396 e. The van der Waals surface area contributed by atoms with Gasteiger partial charge < -0.3 is 15.4 Å². The largest absolute Gasteiger partial charge is 0.396 e. The van der Waals surface area contributed by atoms with Crippen LogP contribution in [-0.4, -0.2) is 31.2 Å². The summed E-state index contributed by atoms with van der Waals surface area (Å²) < 4.78 is 3.05. The highest BCUT2D eigenvalue weighted by atomic mass is 79.9. The van der Waals surface area contributed by atoms with Gasteiger partial charge in [0.2, 0.25) is 5.95 Å². The van der Waals surface area contributed by atoms with Crippen molar-refractivity contribution >= 4 is 44.5 Å². The standard InChI is InChI=1S/C17H19BrClN5O/c1-9-6-21-12(10(2)14(9)18)8-24-7-11(4-3-5-25)13-15(19)22-17(20)23-16(13)24/h6-7,25H,3-5,8H2,1-2H3,(H2,20,22,23). The number of aliphatic hydroxyl groups excluding tert-OH is 1. The first kappa shape index (κ1) is 18.1. The second kappa shape index (κ2) is 7.27. The molecular formula is C17H19BrClN5O. The number of anilines is 1. The quantitative estimate of drug-likeness (QED) is 0.613. The molecule has 0 aliphatic heterocycles. The Labute approximate surface area is 159 Å². The van der Waals surface area contributed by atoms with Gasteiger partial charge in [-0.2, -0.15) is 4.98 Å². The summed E-state index contributed by atoms with van der Waals surface area (Å²) in [6, 6.07) is 0. The SMILES string of the molecule is Cc1cnc(Cn2cc(CCCO)c3c(Cl)nc(N)nc32)c(C)c1Br. The van der Waals surface area contributed by atoms with Crippen LogP contribution < -0.4 is 5.73 Å². The zero-order chi connectivity index (χ0) is 18.1. The molecule has 0 unspecified atom stereocenters. The van der Waals surface area contributed by atoms with Gasteiger partial charge in [0.1, 0.15) is 10.8 Å². The summed E-state index contributed by atoms with van der Waals surface area (Å²) in [5.41, 5.74) is 10.6. The summed E-state index contributed by atoms with van der Waals surface area (Å²) in [7, 11) is 0. The lowest BCUT2D eigenvalue weighted by molar-refractivity contribution is 0.288. The molecule has 25 heavy (non-hydrogen) atoms. The third-order valence-electron chi connectivity index (χ3n) is 4.21. The molecule has 3 aromatic heterocycles. The van der Waals surface area contributed by atoms with Gasteiger partial charge >= 0.3 is 0 Å². The molecule has 0 aliphatic rings. The fourth-order valence-electron chi connectivity index (χ4n) is 2.89. The fourth-order valence-corrected chi connectivity index (χ4v) is 3.51. The van der Waals surface area contributed by atoms with Crippen LogP contribution in [0.3, 0.4) is 0 Å². The van der Waals surface area contributed by atoms with Crippen LogP contribution in [0.5, 0.6) is 0 Å². The van der Waals surface area contributed by atoms with E-state index in [1.54, 1.807) is 0 Å². The van der Waals surface area contributed by atoms with Crippen LogP contribution in [0.15, 0.2) is 16.9 Å². The summed E-state index contributed by atoms with van der Waals surface area (Å²) in [5, 5.41) is 10.3. The van der Waals surface area contributed by atoms with Gasteiger partial charge in [0, 0.05) is 23.5 Å². The summed E-state index contributed by atoms with van der Waals surface area (Å²) >= 11 is 9.92. The molecule has 0 bridgehead atoms. The van der Waals surface area contributed by atoms with E-state index in [1.165, 1.54) is 0 Å². The van der Waals surface area contributed by atoms with E-state index < -0.39 is 0 Å². The van der Waals surface area contributed by atoms with Crippen molar-refractivity contribution in [3.8, 4) is 0 Å². The maximum Gasteiger partial charge on any atom is 0.223 e. The van der Waals surface area contributed by atoms with Crippen molar-refractivity contribution in [3.05, 3.63) is 44.4 Å². The predicted molar refractivity (Wildman–Crippen MR) is 103 cm³/mol. The molecule has 0 aromatic carbocycles. The van der Waals surface area contributed by atoms with Gasteiger partial charge in [-0.3, -0.25) is 4.98 Å². The number of nitrogens with two attached hydrogens (primary N) is 1. The summed E-state index contributed by atoms with van der Waals surface area (Å²) in [6.45, 7) is 4.71. The molecule has 3 heterocycles. The van der Waals surface area contributed by atoms with Crippen LogP contribution in [0.4, 0.5) is 5.95 Å². The van der Waals surface area contributed by atoms with Gasteiger partial charge in [0.05, 0.1) is 17.6 Å². The van der Waals surface area contributed by atoms with Crippen LogP contribution >= 0.6 is 27.5 Å². The fraction of sp³-hybridized carbons (Fsp3) is 0.353.